The minimum absolute atomic E-state index is 0.190. The van der Waals surface area contributed by atoms with Crippen molar-refractivity contribution in [2.75, 3.05) is 6.61 Å². The second kappa shape index (κ2) is 4.55. The zero-order valence-electron chi connectivity index (χ0n) is 12.1. The molecule has 0 heterocycles. The molecule has 2 unspecified atom stereocenters. The van der Waals surface area contributed by atoms with Gasteiger partial charge in [-0.2, -0.15) is 0 Å². The molecule has 104 valence electrons. The summed E-state index contributed by atoms with van der Waals surface area (Å²) in [4.78, 5) is 11.8. The fourth-order valence-corrected chi connectivity index (χ4v) is 3.79. The summed E-state index contributed by atoms with van der Waals surface area (Å²) in [5.41, 5.74) is -0.0481. The van der Waals surface area contributed by atoms with Crippen LogP contribution in [0.2, 0.25) is 0 Å². The van der Waals surface area contributed by atoms with Gasteiger partial charge in [0.2, 0.25) is 0 Å². The first kappa shape index (κ1) is 13.9. The van der Waals surface area contributed by atoms with Crippen molar-refractivity contribution in [2.45, 2.75) is 39.5 Å². The van der Waals surface area contributed by atoms with Crippen LogP contribution in [-0.4, -0.2) is 17.7 Å². The number of rotatable bonds is 5. The Balaban J connectivity index is 2.40. The predicted octanol–water partition coefficient (Wildman–Crippen LogP) is 3.47. The molecule has 1 fully saturated rings. The maximum atomic E-state index is 11.8. The van der Waals surface area contributed by atoms with Gasteiger partial charge >= 0.3 is 5.97 Å². The van der Waals surface area contributed by atoms with Crippen LogP contribution in [0.4, 0.5) is 0 Å². The summed E-state index contributed by atoms with van der Waals surface area (Å²) in [5, 5.41) is 9.74. The lowest BCUT2D eigenvalue weighted by atomic mass is 9.87. The van der Waals surface area contributed by atoms with Crippen LogP contribution in [0.5, 0.6) is 5.75 Å². The van der Waals surface area contributed by atoms with Crippen LogP contribution in [0.1, 0.15) is 39.7 Å². The first-order valence-corrected chi connectivity index (χ1v) is 6.89. The zero-order valence-corrected chi connectivity index (χ0v) is 12.1. The molecule has 1 aromatic rings. The number of hydrogen-bond acceptors (Lipinski definition) is 2. The van der Waals surface area contributed by atoms with Gasteiger partial charge < -0.3 is 9.84 Å². The van der Waals surface area contributed by atoms with Gasteiger partial charge in [-0.1, -0.05) is 39.3 Å². The highest BCUT2D eigenvalue weighted by atomic mass is 16.5. The number of ether oxygens (including phenoxy) is 1. The standard InChI is InChI=1S/C16H22O3/c1-5-13-15(3,4)16(13,14(17)18)11-7-9-12(10-8-11)19-6-2/h7-10,13H,5-6H2,1-4H3,(H,17,18). The molecular formula is C16H22O3. The summed E-state index contributed by atoms with van der Waals surface area (Å²) >= 11 is 0. The van der Waals surface area contributed by atoms with E-state index >= 15 is 0 Å². The first-order valence-electron chi connectivity index (χ1n) is 6.89. The van der Waals surface area contributed by atoms with Crippen LogP contribution < -0.4 is 4.74 Å². The largest absolute Gasteiger partial charge is 0.494 e. The maximum absolute atomic E-state index is 11.8. The molecule has 1 aliphatic carbocycles. The molecule has 0 saturated heterocycles. The van der Waals surface area contributed by atoms with Crippen LogP contribution in [-0.2, 0) is 10.2 Å². The average molecular weight is 262 g/mol. The molecule has 1 aromatic carbocycles. The van der Waals surface area contributed by atoms with Crippen molar-refractivity contribution in [1.82, 2.24) is 0 Å². The van der Waals surface area contributed by atoms with Crippen LogP contribution >= 0.6 is 0 Å². The van der Waals surface area contributed by atoms with E-state index in [4.69, 9.17) is 4.74 Å². The SMILES string of the molecule is CCOc1ccc(C2(C(=O)O)C(CC)C2(C)C)cc1. The zero-order chi connectivity index (χ0) is 14.3. The monoisotopic (exact) mass is 262 g/mol. The van der Waals surface area contributed by atoms with E-state index in [-0.39, 0.29) is 11.3 Å². The fraction of sp³-hybridized carbons (Fsp3) is 0.562. The van der Waals surface area contributed by atoms with Crippen molar-refractivity contribution < 1.29 is 14.6 Å². The van der Waals surface area contributed by atoms with E-state index in [1.165, 1.54) is 0 Å². The molecule has 1 aliphatic rings. The van der Waals surface area contributed by atoms with Crippen LogP contribution in [0.3, 0.4) is 0 Å². The van der Waals surface area contributed by atoms with Gasteiger partial charge in [0.15, 0.2) is 0 Å². The highest BCUT2D eigenvalue weighted by Crippen LogP contribution is 2.70. The van der Waals surface area contributed by atoms with Gasteiger partial charge in [0, 0.05) is 0 Å². The molecule has 0 amide bonds. The molecule has 1 N–H and O–H groups in total. The Bertz CT molecular complexity index is 475. The summed E-state index contributed by atoms with van der Waals surface area (Å²) < 4.78 is 5.41. The summed E-state index contributed by atoms with van der Waals surface area (Å²) in [6.07, 6.45) is 0.881. The van der Waals surface area contributed by atoms with E-state index in [9.17, 15) is 9.90 Å². The third-order valence-corrected chi connectivity index (χ3v) is 4.69. The minimum Gasteiger partial charge on any atom is -0.494 e. The summed E-state index contributed by atoms with van der Waals surface area (Å²) in [6.45, 7) is 8.71. The van der Waals surface area contributed by atoms with E-state index in [0.717, 1.165) is 17.7 Å². The lowest BCUT2D eigenvalue weighted by Crippen LogP contribution is -2.26. The van der Waals surface area contributed by atoms with E-state index in [2.05, 4.69) is 6.92 Å². The minimum atomic E-state index is -0.744. The quantitative estimate of drug-likeness (QED) is 0.883. The summed E-state index contributed by atoms with van der Waals surface area (Å²) in [7, 11) is 0. The normalized spacial score (nSPS) is 27.9. The number of carboxylic acid groups (broad SMARTS) is 1. The third-order valence-electron chi connectivity index (χ3n) is 4.69. The summed E-state index contributed by atoms with van der Waals surface area (Å²) in [5.74, 6) is 0.266. The van der Waals surface area contributed by atoms with E-state index < -0.39 is 11.4 Å². The van der Waals surface area contributed by atoms with Crippen molar-refractivity contribution in [3.8, 4) is 5.75 Å². The Hall–Kier alpha value is -1.51. The smallest absolute Gasteiger partial charge is 0.314 e. The molecule has 3 nitrogen and oxygen atoms in total. The Labute approximate surface area is 114 Å². The molecule has 2 rings (SSSR count). The van der Waals surface area contributed by atoms with Gasteiger partial charge in [-0.15, -0.1) is 0 Å². The van der Waals surface area contributed by atoms with Crippen molar-refractivity contribution in [3.05, 3.63) is 29.8 Å². The van der Waals surface area contributed by atoms with Gasteiger partial charge in [-0.3, -0.25) is 4.79 Å². The third kappa shape index (κ3) is 1.75. The van der Waals surface area contributed by atoms with E-state index in [0.29, 0.717) is 6.61 Å². The number of carboxylic acids is 1. The van der Waals surface area contributed by atoms with Crippen molar-refractivity contribution in [2.24, 2.45) is 11.3 Å². The molecule has 0 aromatic heterocycles. The van der Waals surface area contributed by atoms with Gasteiger partial charge in [-0.05, 0) is 36.0 Å². The second-order valence-corrected chi connectivity index (χ2v) is 5.75. The molecule has 1 saturated carbocycles. The van der Waals surface area contributed by atoms with Crippen LogP contribution in [0.25, 0.3) is 0 Å². The van der Waals surface area contributed by atoms with Crippen LogP contribution in [0.15, 0.2) is 24.3 Å². The second-order valence-electron chi connectivity index (χ2n) is 5.75. The van der Waals surface area contributed by atoms with Crippen molar-refractivity contribution in [3.63, 3.8) is 0 Å². The predicted molar refractivity (Wildman–Crippen MR) is 74.5 cm³/mol. The van der Waals surface area contributed by atoms with E-state index in [1.54, 1.807) is 0 Å². The molecule has 0 bridgehead atoms. The molecule has 0 aliphatic heterocycles. The summed E-state index contributed by atoms with van der Waals surface area (Å²) in [6, 6.07) is 7.53. The first-order chi connectivity index (χ1) is 8.92. The highest BCUT2D eigenvalue weighted by Gasteiger charge is 2.75. The Morgan fingerprint density at radius 1 is 1.26 bits per heavy atom. The van der Waals surface area contributed by atoms with Gasteiger partial charge in [0.1, 0.15) is 11.2 Å². The topological polar surface area (TPSA) is 46.5 Å². The lowest BCUT2D eigenvalue weighted by Gasteiger charge is -2.17. The Morgan fingerprint density at radius 3 is 2.21 bits per heavy atom. The van der Waals surface area contributed by atoms with Crippen molar-refractivity contribution >= 4 is 5.97 Å². The van der Waals surface area contributed by atoms with E-state index in [1.807, 2.05) is 45.0 Å². The van der Waals surface area contributed by atoms with Crippen LogP contribution in [0, 0.1) is 11.3 Å². The molecule has 19 heavy (non-hydrogen) atoms. The Morgan fingerprint density at radius 2 is 1.84 bits per heavy atom. The van der Waals surface area contributed by atoms with Crippen molar-refractivity contribution in [1.29, 1.82) is 0 Å². The number of hydrogen-bond donors (Lipinski definition) is 1. The molecule has 2 atom stereocenters. The number of benzene rings is 1. The molecule has 0 spiro atoms. The number of carbonyl (C=O) groups is 1. The fourth-order valence-electron chi connectivity index (χ4n) is 3.79. The maximum Gasteiger partial charge on any atom is 0.314 e. The van der Waals surface area contributed by atoms with Gasteiger partial charge in [0.25, 0.3) is 0 Å². The molecule has 0 radical (unpaired) electrons. The lowest BCUT2D eigenvalue weighted by molar-refractivity contribution is -0.141. The average Bonchev–Trinajstić information content (AvgIpc) is 2.88. The molecule has 3 heteroatoms. The van der Waals surface area contributed by atoms with Gasteiger partial charge in [0.05, 0.1) is 6.61 Å². The highest BCUT2D eigenvalue weighted by molar-refractivity contribution is 5.88. The molecular weight excluding hydrogens is 240 g/mol. The van der Waals surface area contributed by atoms with Gasteiger partial charge in [-0.25, -0.2) is 0 Å². The number of aliphatic carboxylic acids is 1. The Kier molecular flexibility index (Phi) is 3.33.